The smallest absolute Gasteiger partial charge is 0.453 e. The van der Waals surface area contributed by atoms with Crippen LogP contribution in [0, 0.1) is 5.92 Å². The van der Waals surface area contributed by atoms with Crippen LogP contribution in [0.25, 0.3) is 11.3 Å². The number of likely N-dealkylation sites (tertiary alicyclic amines) is 1. The van der Waals surface area contributed by atoms with Crippen LogP contribution in [-0.2, 0) is 18.8 Å². The first-order valence-electron chi connectivity index (χ1n) is 12.7. The van der Waals surface area contributed by atoms with Crippen molar-refractivity contribution in [2.45, 2.75) is 77.2 Å². The first kappa shape index (κ1) is 28.0. The summed E-state index contributed by atoms with van der Waals surface area (Å²) < 4.78 is 45.9. The molecule has 206 valence electrons. The van der Waals surface area contributed by atoms with Crippen LogP contribution in [0.1, 0.15) is 59.8 Å². The molecule has 3 heterocycles. The molecule has 0 bridgehead atoms. The molecule has 0 radical (unpaired) electrons. The Balaban J connectivity index is 1.54. The Kier molecular flexibility index (Phi) is 7.35. The van der Waals surface area contributed by atoms with E-state index in [2.05, 4.69) is 20.0 Å². The lowest BCUT2D eigenvalue weighted by Crippen LogP contribution is -2.51. The molecular formula is C26H35BF2N4O5. The molecule has 1 aromatic carbocycles. The number of carbonyl (C=O) groups excluding carboxylic acids is 2. The highest BCUT2D eigenvalue weighted by molar-refractivity contribution is 6.62. The van der Waals surface area contributed by atoms with Gasteiger partial charge >= 0.3 is 13.2 Å². The normalized spacial score (nSPS) is 22.5. The molecule has 2 unspecified atom stereocenters. The number of hydrogen-bond donors (Lipinski definition) is 2. The Bertz CT molecular complexity index is 1170. The molecule has 4 rings (SSSR count). The Hall–Kier alpha value is -2.99. The molecule has 9 nitrogen and oxygen atoms in total. The van der Waals surface area contributed by atoms with Gasteiger partial charge in [-0.05, 0) is 44.6 Å². The van der Waals surface area contributed by atoms with Crippen molar-refractivity contribution >= 4 is 24.6 Å². The Morgan fingerprint density at radius 1 is 1.16 bits per heavy atom. The zero-order valence-electron chi connectivity index (χ0n) is 22.8. The van der Waals surface area contributed by atoms with Gasteiger partial charge in [0.15, 0.2) is 0 Å². The zero-order chi connectivity index (χ0) is 28.0. The summed E-state index contributed by atoms with van der Waals surface area (Å²) in [5.74, 6) is -3.80. The summed E-state index contributed by atoms with van der Waals surface area (Å²) in [6, 6.07) is 5.54. The molecule has 0 aliphatic carbocycles. The third-order valence-corrected chi connectivity index (χ3v) is 7.60. The molecule has 12 heteroatoms. The number of methoxy groups -OCH3 is 1. The zero-order valence-corrected chi connectivity index (χ0v) is 22.8. The lowest BCUT2D eigenvalue weighted by molar-refractivity contribution is -0.136. The lowest BCUT2D eigenvalue weighted by Gasteiger charge is -2.32. The van der Waals surface area contributed by atoms with Crippen molar-refractivity contribution in [3.05, 3.63) is 36.3 Å². The maximum Gasteiger partial charge on any atom is 0.494 e. The Morgan fingerprint density at radius 2 is 1.76 bits per heavy atom. The number of rotatable bonds is 6. The second-order valence-electron chi connectivity index (χ2n) is 11.3. The van der Waals surface area contributed by atoms with E-state index in [9.17, 15) is 18.4 Å². The van der Waals surface area contributed by atoms with E-state index in [1.807, 2.05) is 52.0 Å². The van der Waals surface area contributed by atoms with Gasteiger partial charge in [0.2, 0.25) is 5.91 Å². The minimum Gasteiger partial charge on any atom is -0.453 e. The number of benzene rings is 1. The van der Waals surface area contributed by atoms with Crippen molar-refractivity contribution in [2.75, 3.05) is 13.7 Å². The fraction of sp³-hybridized carbons (Fsp3) is 0.577. The number of ether oxygens (including phenoxy) is 1. The maximum absolute atomic E-state index is 14.5. The van der Waals surface area contributed by atoms with Gasteiger partial charge in [0, 0.05) is 6.42 Å². The molecule has 2 saturated heterocycles. The highest BCUT2D eigenvalue weighted by atomic mass is 19.3. The van der Waals surface area contributed by atoms with E-state index in [0.29, 0.717) is 5.69 Å². The topological polar surface area (TPSA) is 106 Å². The molecule has 2 amide bonds. The van der Waals surface area contributed by atoms with E-state index in [1.54, 1.807) is 20.0 Å². The van der Waals surface area contributed by atoms with Crippen molar-refractivity contribution in [3.8, 4) is 11.3 Å². The van der Waals surface area contributed by atoms with E-state index in [-0.39, 0.29) is 11.7 Å². The van der Waals surface area contributed by atoms with Crippen LogP contribution in [0.3, 0.4) is 0 Å². The van der Waals surface area contributed by atoms with Gasteiger partial charge < -0.3 is 29.2 Å². The molecule has 1 aromatic heterocycles. The maximum atomic E-state index is 14.5. The number of nitrogens with zero attached hydrogens (tertiary/aromatic N) is 2. The number of imidazole rings is 1. The monoisotopic (exact) mass is 532 g/mol. The molecular weight excluding hydrogens is 497 g/mol. The summed E-state index contributed by atoms with van der Waals surface area (Å²) in [5, 5.41) is 2.46. The number of halogens is 2. The summed E-state index contributed by atoms with van der Waals surface area (Å²) in [5.41, 5.74) is 1.36. The third-order valence-electron chi connectivity index (χ3n) is 7.60. The highest BCUT2D eigenvalue weighted by Crippen LogP contribution is 2.41. The first-order valence-corrected chi connectivity index (χ1v) is 12.7. The number of amides is 2. The minimum absolute atomic E-state index is 0.251. The van der Waals surface area contributed by atoms with Gasteiger partial charge in [-0.2, -0.15) is 0 Å². The molecule has 2 aliphatic heterocycles. The molecule has 38 heavy (non-hydrogen) atoms. The average Bonchev–Trinajstić information content (AvgIpc) is 3.50. The van der Waals surface area contributed by atoms with E-state index < -0.39 is 61.3 Å². The summed E-state index contributed by atoms with van der Waals surface area (Å²) in [6.07, 6.45) is 0.185. The van der Waals surface area contributed by atoms with Crippen LogP contribution in [0.4, 0.5) is 13.6 Å². The van der Waals surface area contributed by atoms with Crippen LogP contribution in [0.15, 0.2) is 30.5 Å². The van der Waals surface area contributed by atoms with Crippen LogP contribution in [0.2, 0.25) is 0 Å². The van der Waals surface area contributed by atoms with Crippen LogP contribution in [-0.4, -0.2) is 70.8 Å². The van der Waals surface area contributed by atoms with Crippen molar-refractivity contribution in [1.29, 1.82) is 0 Å². The second-order valence-corrected chi connectivity index (χ2v) is 11.3. The van der Waals surface area contributed by atoms with Crippen molar-refractivity contribution in [3.63, 3.8) is 0 Å². The molecule has 2 N–H and O–H groups in total. The predicted octanol–water partition coefficient (Wildman–Crippen LogP) is 3.67. The molecule has 2 fully saturated rings. The fourth-order valence-corrected chi connectivity index (χ4v) is 4.62. The number of nitrogens with one attached hydrogen (secondary N) is 2. The largest absolute Gasteiger partial charge is 0.494 e. The van der Waals surface area contributed by atoms with Gasteiger partial charge in [0.05, 0.1) is 42.8 Å². The molecule has 0 spiro atoms. The quantitative estimate of drug-likeness (QED) is 0.551. The van der Waals surface area contributed by atoms with Gasteiger partial charge in [0.25, 0.3) is 5.92 Å². The summed E-state index contributed by atoms with van der Waals surface area (Å²) >= 11 is 0. The van der Waals surface area contributed by atoms with Gasteiger partial charge in [-0.25, -0.2) is 18.6 Å². The average molecular weight is 532 g/mol. The predicted molar refractivity (Wildman–Crippen MR) is 138 cm³/mol. The summed E-state index contributed by atoms with van der Waals surface area (Å²) in [4.78, 5) is 33.6. The third kappa shape index (κ3) is 5.42. The number of H-pyrrole nitrogens is 1. The Labute approximate surface area is 221 Å². The van der Waals surface area contributed by atoms with Crippen LogP contribution in [0.5, 0.6) is 0 Å². The van der Waals surface area contributed by atoms with E-state index >= 15 is 0 Å². The second kappa shape index (κ2) is 9.96. The number of alkyl halides is 2. The highest BCUT2D eigenvalue weighted by Gasteiger charge is 2.52. The molecule has 2 aromatic rings. The molecule has 2 aliphatic rings. The van der Waals surface area contributed by atoms with E-state index in [4.69, 9.17) is 9.31 Å². The van der Waals surface area contributed by atoms with Crippen molar-refractivity contribution in [2.24, 2.45) is 5.92 Å². The standard InChI is InChI=1S/C26H35BF2N4O5/c1-15(2)20(32-23(35)36-7)22(34)33-14-26(28,29)12-19(33)21-30-13-18(31-21)16-8-10-17(11-9-16)27-37-24(3,4)25(5,6)38-27/h8-11,13,15,19-20H,12,14H2,1-7H3,(H,30,31)(H,32,35). The van der Waals surface area contributed by atoms with Crippen LogP contribution >= 0.6 is 0 Å². The summed E-state index contributed by atoms with van der Waals surface area (Å²) in [7, 11) is 0.676. The van der Waals surface area contributed by atoms with Crippen LogP contribution < -0.4 is 10.8 Å². The van der Waals surface area contributed by atoms with Crippen molar-refractivity contribution in [1.82, 2.24) is 20.2 Å². The Morgan fingerprint density at radius 3 is 2.32 bits per heavy atom. The number of hydrogen-bond acceptors (Lipinski definition) is 6. The first-order chi connectivity index (χ1) is 17.6. The van der Waals surface area contributed by atoms with E-state index in [1.165, 1.54) is 7.11 Å². The minimum atomic E-state index is -3.09. The number of aromatic nitrogens is 2. The SMILES string of the molecule is COC(=O)NC(C(=O)N1CC(F)(F)CC1c1ncc(-c2ccc(B3OC(C)(C)C(C)(C)O3)cc2)[nH]1)C(C)C. The number of carbonyl (C=O) groups is 2. The van der Waals surface area contributed by atoms with Gasteiger partial charge in [0.1, 0.15) is 11.9 Å². The molecule has 0 saturated carbocycles. The summed E-state index contributed by atoms with van der Waals surface area (Å²) in [6.45, 7) is 10.6. The van der Waals surface area contributed by atoms with E-state index in [0.717, 1.165) is 15.9 Å². The fourth-order valence-electron chi connectivity index (χ4n) is 4.62. The number of aromatic amines is 1. The molecule has 2 atom stereocenters. The van der Waals surface area contributed by atoms with Gasteiger partial charge in [-0.3, -0.25) is 4.79 Å². The van der Waals surface area contributed by atoms with Crippen molar-refractivity contribution < 1.29 is 32.4 Å². The number of alkyl carbamates (subject to hydrolysis) is 1. The lowest BCUT2D eigenvalue weighted by atomic mass is 9.79. The van der Waals surface area contributed by atoms with Gasteiger partial charge in [-0.1, -0.05) is 38.1 Å². The van der Waals surface area contributed by atoms with Gasteiger partial charge in [-0.15, -0.1) is 0 Å².